The molecule has 0 aliphatic heterocycles. The Hall–Kier alpha value is -2.86. The molecule has 5 rings (SSSR count). The van der Waals surface area contributed by atoms with Crippen LogP contribution in [0, 0.1) is 13.8 Å². The number of hydrogen-bond acceptors (Lipinski definition) is 4. The molecule has 3 aromatic carbocycles. The fourth-order valence-electron chi connectivity index (χ4n) is 3.52. The normalized spacial score (nSPS) is 11.4. The van der Waals surface area contributed by atoms with Gasteiger partial charge in [0.15, 0.2) is 5.58 Å². The number of nitrogens with one attached hydrogen (secondary N) is 1. The predicted molar refractivity (Wildman–Crippen MR) is 132 cm³/mol. The predicted octanol–water partition coefficient (Wildman–Crippen LogP) is 7.56. The van der Waals surface area contributed by atoms with E-state index in [9.17, 15) is 4.79 Å². The topological polar surface area (TPSA) is 55.1 Å². The zero-order valence-electron chi connectivity index (χ0n) is 17.3. The summed E-state index contributed by atoms with van der Waals surface area (Å²) in [7, 11) is 0. The van der Waals surface area contributed by atoms with Crippen LogP contribution in [0.3, 0.4) is 0 Å². The zero-order valence-corrected chi connectivity index (χ0v) is 19.7. The number of nitrogens with zero attached hydrogens (tertiary/aromatic N) is 1. The molecule has 0 saturated heterocycles. The minimum Gasteiger partial charge on any atom is -0.436 e. The Balaban J connectivity index is 1.31. The van der Waals surface area contributed by atoms with Crippen LogP contribution in [0.5, 0.6) is 0 Å². The molecular weight excluding hydrogens is 463 g/mol. The second kappa shape index (κ2) is 8.24. The molecule has 0 aliphatic carbocycles. The summed E-state index contributed by atoms with van der Waals surface area (Å²) in [6, 6.07) is 17.3. The number of halogens is 2. The van der Waals surface area contributed by atoms with Gasteiger partial charge in [0.1, 0.15) is 10.4 Å². The summed E-state index contributed by atoms with van der Waals surface area (Å²) in [4.78, 5) is 17.8. The van der Waals surface area contributed by atoms with Gasteiger partial charge in [0.25, 0.3) is 5.91 Å². The van der Waals surface area contributed by atoms with E-state index in [1.165, 1.54) is 22.5 Å². The number of aryl methyl sites for hydroxylation is 2. The highest BCUT2D eigenvalue weighted by Crippen LogP contribution is 2.36. The number of benzene rings is 3. The van der Waals surface area contributed by atoms with Gasteiger partial charge < -0.3 is 9.73 Å². The molecule has 1 N–H and O–H groups in total. The van der Waals surface area contributed by atoms with Crippen molar-refractivity contribution in [2.45, 2.75) is 20.4 Å². The third kappa shape index (κ3) is 3.88. The average molecular weight is 481 g/mol. The lowest BCUT2D eigenvalue weighted by Crippen LogP contribution is -2.22. The van der Waals surface area contributed by atoms with Gasteiger partial charge in [0, 0.05) is 27.2 Å². The van der Waals surface area contributed by atoms with Crippen LogP contribution in [0.1, 0.15) is 26.4 Å². The SMILES string of the molecule is Cc1cc2nc(-c3ccc(CNC(=O)c4sc5cc(Cl)ccc5c4Cl)cc3)oc2cc1C. The molecule has 7 heteroatoms. The van der Waals surface area contributed by atoms with Crippen molar-refractivity contribution >= 4 is 61.6 Å². The van der Waals surface area contributed by atoms with E-state index >= 15 is 0 Å². The molecule has 0 bridgehead atoms. The number of carbonyl (C=O) groups excluding carboxylic acids is 1. The molecule has 4 nitrogen and oxygen atoms in total. The van der Waals surface area contributed by atoms with Gasteiger partial charge in [-0.3, -0.25) is 4.79 Å². The molecule has 0 aliphatic rings. The molecule has 2 aromatic heterocycles. The van der Waals surface area contributed by atoms with E-state index < -0.39 is 0 Å². The van der Waals surface area contributed by atoms with Crippen molar-refractivity contribution in [3.8, 4) is 11.5 Å². The molecule has 0 atom stereocenters. The van der Waals surface area contributed by atoms with Gasteiger partial charge in [-0.15, -0.1) is 11.3 Å². The zero-order chi connectivity index (χ0) is 22.4. The van der Waals surface area contributed by atoms with Crippen molar-refractivity contribution in [1.29, 1.82) is 0 Å². The Kier molecular flexibility index (Phi) is 5.41. The van der Waals surface area contributed by atoms with E-state index in [1.54, 1.807) is 6.07 Å². The summed E-state index contributed by atoms with van der Waals surface area (Å²) >= 11 is 13.8. The first-order valence-electron chi connectivity index (χ1n) is 10.0. The Labute approximate surface area is 198 Å². The van der Waals surface area contributed by atoms with Crippen LogP contribution in [0.4, 0.5) is 0 Å². The standard InChI is InChI=1S/C25H18Cl2N2O2S/c1-13-9-19-20(10-14(13)2)31-25(29-19)16-5-3-15(4-6-16)12-28-24(30)23-22(27)18-8-7-17(26)11-21(18)32-23/h3-11H,12H2,1-2H3,(H,28,30). The van der Waals surface area contributed by atoms with Gasteiger partial charge in [-0.25, -0.2) is 4.98 Å². The van der Waals surface area contributed by atoms with Crippen molar-refractivity contribution in [2.75, 3.05) is 0 Å². The molecule has 2 heterocycles. The molecule has 5 aromatic rings. The first-order chi connectivity index (χ1) is 15.4. The van der Waals surface area contributed by atoms with E-state index in [1.807, 2.05) is 48.5 Å². The van der Waals surface area contributed by atoms with Crippen molar-refractivity contribution in [3.63, 3.8) is 0 Å². The van der Waals surface area contributed by atoms with Crippen molar-refractivity contribution in [1.82, 2.24) is 10.3 Å². The first kappa shape index (κ1) is 21.0. The van der Waals surface area contributed by atoms with Crippen LogP contribution in [-0.4, -0.2) is 10.9 Å². The molecule has 1 amide bonds. The summed E-state index contributed by atoms with van der Waals surface area (Å²) in [6.45, 7) is 4.50. The average Bonchev–Trinajstić information content (AvgIpc) is 3.33. The highest BCUT2D eigenvalue weighted by atomic mass is 35.5. The van der Waals surface area contributed by atoms with Crippen molar-refractivity contribution < 1.29 is 9.21 Å². The van der Waals surface area contributed by atoms with Crippen LogP contribution in [0.25, 0.3) is 32.6 Å². The lowest BCUT2D eigenvalue weighted by atomic mass is 10.1. The number of rotatable bonds is 4. The lowest BCUT2D eigenvalue weighted by Gasteiger charge is -2.05. The van der Waals surface area contributed by atoms with Crippen LogP contribution in [-0.2, 0) is 6.54 Å². The number of amides is 1. The summed E-state index contributed by atoms with van der Waals surface area (Å²) < 4.78 is 6.82. The number of fused-ring (bicyclic) bond motifs is 2. The molecule has 0 spiro atoms. The monoisotopic (exact) mass is 480 g/mol. The van der Waals surface area contributed by atoms with Gasteiger partial charge in [-0.05, 0) is 66.9 Å². The quantitative estimate of drug-likeness (QED) is 0.288. The third-order valence-corrected chi connectivity index (χ3v) is 7.35. The Morgan fingerprint density at radius 3 is 2.56 bits per heavy atom. The van der Waals surface area contributed by atoms with E-state index in [4.69, 9.17) is 27.6 Å². The van der Waals surface area contributed by atoms with Crippen molar-refractivity contribution in [2.24, 2.45) is 0 Å². The smallest absolute Gasteiger partial charge is 0.263 e. The fourth-order valence-corrected chi connectivity index (χ4v) is 5.23. The largest absolute Gasteiger partial charge is 0.436 e. The third-order valence-electron chi connectivity index (χ3n) is 5.46. The summed E-state index contributed by atoms with van der Waals surface area (Å²) in [5.41, 5.74) is 5.83. The number of aromatic nitrogens is 1. The van der Waals surface area contributed by atoms with Gasteiger partial charge >= 0.3 is 0 Å². The van der Waals surface area contributed by atoms with Crippen LogP contribution < -0.4 is 5.32 Å². The fraction of sp³-hybridized carbons (Fsp3) is 0.120. The number of carbonyl (C=O) groups is 1. The Morgan fingerprint density at radius 2 is 1.78 bits per heavy atom. The van der Waals surface area contributed by atoms with Crippen LogP contribution in [0.2, 0.25) is 10.0 Å². The molecule has 32 heavy (non-hydrogen) atoms. The molecule has 0 fully saturated rings. The maximum absolute atomic E-state index is 12.7. The maximum Gasteiger partial charge on any atom is 0.263 e. The van der Waals surface area contributed by atoms with Crippen LogP contribution >= 0.6 is 34.5 Å². The molecule has 0 saturated carbocycles. The molecular formula is C25H18Cl2N2O2S. The van der Waals surface area contributed by atoms with E-state index in [0.29, 0.717) is 27.4 Å². The van der Waals surface area contributed by atoms with Gasteiger partial charge in [-0.1, -0.05) is 41.4 Å². The first-order valence-corrected chi connectivity index (χ1v) is 11.6. The lowest BCUT2D eigenvalue weighted by molar-refractivity contribution is 0.0955. The van der Waals surface area contributed by atoms with Crippen LogP contribution in [0.15, 0.2) is 59.0 Å². The molecule has 0 radical (unpaired) electrons. The highest BCUT2D eigenvalue weighted by Gasteiger charge is 2.17. The van der Waals surface area contributed by atoms with Gasteiger partial charge in [0.2, 0.25) is 5.89 Å². The summed E-state index contributed by atoms with van der Waals surface area (Å²) in [6.07, 6.45) is 0. The number of oxazole rings is 1. The Morgan fingerprint density at radius 1 is 1.03 bits per heavy atom. The minimum absolute atomic E-state index is 0.207. The second-order valence-electron chi connectivity index (χ2n) is 7.69. The number of thiophene rings is 1. The molecule has 160 valence electrons. The van der Waals surface area contributed by atoms with Gasteiger partial charge in [-0.2, -0.15) is 0 Å². The summed E-state index contributed by atoms with van der Waals surface area (Å²) in [5.74, 6) is 0.373. The van der Waals surface area contributed by atoms with Gasteiger partial charge in [0.05, 0.1) is 5.02 Å². The van der Waals surface area contributed by atoms with E-state index in [-0.39, 0.29) is 5.91 Å². The highest BCUT2D eigenvalue weighted by molar-refractivity contribution is 7.21. The maximum atomic E-state index is 12.7. The van der Waals surface area contributed by atoms with E-state index in [2.05, 4.69) is 24.1 Å². The Bertz CT molecular complexity index is 1450. The minimum atomic E-state index is -0.207. The second-order valence-corrected chi connectivity index (χ2v) is 9.56. The summed E-state index contributed by atoms with van der Waals surface area (Å²) in [5, 5.41) is 4.84. The van der Waals surface area contributed by atoms with E-state index in [0.717, 1.165) is 32.3 Å². The molecule has 0 unspecified atom stereocenters. The van der Waals surface area contributed by atoms with Crippen molar-refractivity contribution in [3.05, 3.63) is 86.2 Å². The number of hydrogen-bond donors (Lipinski definition) is 1.